The van der Waals surface area contributed by atoms with Gasteiger partial charge in [0.15, 0.2) is 0 Å². The van der Waals surface area contributed by atoms with E-state index in [1.165, 1.54) is 83.1 Å². The molecule has 0 spiro atoms. The van der Waals surface area contributed by atoms with Crippen LogP contribution in [0.25, 0.3) is 0 Å². The predicted molar refractivity (Wildman–Crippen MR) is 184 cm³/mol. The van der Waals surface area contributed by atoms with E-state index in [0.717, 1.165) is 25.7 Å². The number of hydrogen-bond acceptors (Lipinski definition) is 8. The zero-order chi connectivity index (χ0) is 33.4. The second-order valence-corrected chi connectivity index (χ2v) is 14.2. The maximum atomic E-state index is 11.4. The molecule has 0 fully saturated rings. The van der Waals surface area contributed by atoms with E-state index in [9.17, 15) is 31.3 Å². The summed E-state index contributed by atoms with van der Waals surface area (Å²) in [6.45, 7) is 5.12. The molecule has 45 heavy (non-hydrogen) atoms. The normalized spacial score (nSPS) is 12.2. The van der Waals surface area contributed by atoms with Gasteiger partial charge in [-0.05, 0) is 63.3 Å². The smallest absolute Gasteiger partial charge is 0.859 e. The fourth-order valence-corrected chi connectivity index (χ4v) is 5.25. The zero-order valence-corrected chi connectivity index (χ0v) is 31.9. The number of hydrogen-bond donors (Lipinski definition) is 2. The van der Waals surface area contributed by atoms with Gasteiger partial charge in [-0.2, -0.15) is 8.42 Å². The van der Waals surface area contributed by atoms with Gasteiger partial charge in [-0.1, -0.05) is 109 Å². The number of nitrogens with zero attached hydrogens (tertiary/aromatic N) is 1. The molecule has 0 radical (unpaired) electrons. The first kappa shape index (κ1) is 48.9. The van der Waals surface area contributed by atoms with E-state index in [1.807, 2.05) is 12.2 Å². The summed E-state index contributed by atoms with van der Waals surface area (Å²) in [5, 5.41) is 14.1. The molecular weight excluding hydrogens is 645 g/mol. The Morgan fingerprint density at radius 1 is 0.689 bits per heavy atom. The minimum absolute atomic E-state index is 0. The molecule has 0 aromatic heterocycles. The van der Waals surface area contributed by atoms with Gasteiger partial charge in [0.1, 0.15) is 0 Å². The third kappa shape index (κ3) is 48.0. The van der Waals surface area contributed by atoms with Crippen LogP contribution in [0.4, 0.5) is 0 Å². The van der Waals surface area contributed by atoms with Crippen LogP contribution in [0, 0.1) is 0 Å². The van der Waals surface area contributed by atoms with Crippen molar-refractivity contribution < 1.29 is 35.8 Å². The molecule has 260 valence electrons. The molecule has 0 saturated carbocycles. The average molecular weight is 705 g/mol. The van der Waals surface area contributed by atoms with Crippen LogP contribution in [-0.2, 0) is 25.0 Å². The molecule has 0 aromatic carbocycles. The van der Waals surface area contributed by atoms with Gasteiger partial charge in [-0.25, -0.2) is 8.42 Å². The monoisotopic (exact) mass is 704 g/mol. The van der Waals surface area contributed by atoms with Crippen molar-refractivity contribution in [3.8, 4) is 0 Å². The summed E-state index contributed by atoms with van der Waals surface area (Å²) in [5.74, 6) is -1.07. The van der Waals surface area contributed by atoms with Crippen molar-refractivity contribution in [2.45, 2.75) is 142 Å². The molecule has 0 heterocycles. The Morgan fingerprint density at radius 3 is 1.64 bits per heavy atom. The van der Waals surface area contributed by atoms with Gasteiger partial charge in [0.05, 0.1) is 15.9 Å². The molecule has 0 aliphatic heterocycles. The molecule has 0 saturated heterocycles. The predicted octanol–water partition coefficient (Wildman–Crippen LogP) is 5.85. The first-order valence-electron chi connectivity index (χ1n) is 16.6. The largest absolute Gasteiger partial charge is 2.00 e. The Balaban J connectivity index is -0.000000767. The van der Waals surface area contributed by atoms with E-state index in [-0.39, 0.29) is 74.0 Å². The maximum absolute atomic E-state index is 11.4. The van der Waals surface area contributed by atoms with Gasteiger partial charge in [-0.15, -0.1) is 0 Å². The van der Waals surface area contributed by atoms with Gasteiger partial charge in [-0.3, -0.25) is 9.35 Å². The van der Waals surface area contributed by atoms with Gasteiger partial charge >= 0.3 is 37.7 Å². The Bertz CT molecular complexity index is 985. The van der Waals surface area contributed by atoms with E-state index < -0.39 is 20.2 Å². The number of amides is 1. The Hall–Kier alpha value is -0.500. The van der Waals surface area contributed by atoms with Crippen LogP contribution in [-0.4, -0.2) is 100 Å². The van der Waals surface area contributed by atoms with Crippen LogP contribution in [0.5, 0.6) is 0 Å². The molecule has 0 aliphatic rings. The van der Waals surface area contributed by atoms with Crippen molar-refractivity contribution in [3.05, 3.63) is 24.3 Å². The van der Waals surface area contributed by atoms with Gasteiger partial charge in [0.2, 0.25) is 5.91 Å². The summed E-state index contributed by atoms with van der Waals surface area (Å²) in [4.78, 5) is 15.2. The topological polar surface area (TPSA) is 176 Å². The van der Waals surface area contributed by atoms with E-state index in [2.05, 4.69) is 24.2 Å². The molecule has 0 atom stereocenters. The van der Waals surface area contributed by atoms with Crippen LogP contribution in [0.1, 0.15) is 142 Å². The van der Waals surface area contributed by atoms with Gasteiger partial charge in [0, 0.05) is 18.8 Å². The summed E-state index contributed by atoms with van der Waals surface area (Å²) in [6, 6.07) is 0. The second kappa shape index (κ2) is 34.8. The van der Waals surface area contributed by atoms with Crippen LogP contribution in [0.3, 0.4) is 0 Å². The van der Waals surface area contributed by atoms with Crippen LogP contribution in [0.15, 0.2) is 29.3 Å². The number of carbonyl (C=O) groups excluding carboxylic acids is 1. The first-order valence-corrected chi connectivity index (χ1v) is 19.8. The minimum Gasteiger partial charge on any atom is -0.859 e. The van der Waals surface area contributed by atoms with E-state index >= 15 is 0 Å². The number of carbonyl (C=O) groups is 1. The molecule has 0 aromatic rings. The van der Waals surface area contributed by atoms with E-state index in [4.69, 9.17) is 4.55 Å². The van der Waals surface area contributed by atoms with Crippen molar-refractivity contribution in [2.24, 2.45) is 4.99 Å². The Labute approximate surface area is 304 Å². The van der Waals surface area contributed by atoms with Crippen molar-refractivity contribution in [1.82, 2.24) is 5.32 Å². The number of rotatable bonds is 28. The van der Waals surface area contributed by atoms with Crippen LogP contribution in [0.2, 0.25) is 0 Å². The molecule has 10 nitrogen and oxygen atoms in total. The standard InChI is InChI=1S/2C16H31NO4S.Ca/c2*1-2-3-4-5-6-7-8-9-10-13-16(18)17-14-11-12-15-22(19,20)21;/h2*10,13H,2-9,11-12,14-15H2,1H3,(H,17,18)(H,19,20,21);/q;;+2/p-2/b2*13-10+;. The van der Waals surface area contributed by atoms with Crippen molar-refractivity contribution >= 4 is 69.8 Å². The molecule has 2 N–H and O–H groups in total. The first-order chi connectivity index (χ1) is 20.9. The summed E-state index contributed by atoms with van der Waals surface area (Å²) >= 11 is 0. The van der Waals surface area contributed by atoms with Gasteiger partial charge in [0.25, 0.3) is 10.1 Å². The second-order valence-electron chi connectivity index (χ2n) is 11.1. The van der Waals surface area contributed by atoms with Crippen molar-refractivity contribution in [2.75, 3.05) is 24.6 Å². The summed E-state index contributed by atoms with van der Waals surface area (Å²) < 4.78 is 60.6. The number of aliphatic imine (C=N–C) groups is 1. The fraction of sp³-hybridized carbons (Fsp3) is 0.812. The molecule has 0 bridgehead atoms. The molecule has 1 amide bonds. The summed E-state index contributed by atoms with van der Waals surface area (Å²) in [6.07, 6.45) is 27.7. The molecular formula is C32H60CaN2O8S2. The Kier molecular flexibility index (Phi) is 37.8. The number of unbranched alkanes of at least 4 members (excludes halogenated alkanes) is 16. The maximum Gasteiger partial charge on any atom is 2.00 e. The van der Waals surface area contributed by atoms with E-state index in [1.54, 1.807) is 6.08 Å². The van der Waals surface area contributed by atoms with Gasteiger partial charge < -0.3 is 20.0 Å². The molecule has 0 unspecified atom stereocenters. The average Bonchev–Trinajstić information content (AvgIpc) is 2.94. The molecule has 13 heteroatoms. The zero-order valence-electron chi connectivity index (χ0n) is 28.1. The third-order valence-corrected chi connectivity index (χ3v) is 8.27. The van der Waals surface area contributed by atoms with Crippen LogP contribution < -0.4 is 10.4 Å². The quantitative estimate of drug-likeness (QED) is 0.0254. The minimum atomic E-state index is -4.15. The molecule has 0 aliphatic carbocycles. The summed E-state index contributed by atoms with van der Waals surface area (Å²) in [5.41, 5.74) is 0. The third-order valence-electron chi connectivity index (χ3n) is 6.68. The van der Waals surface area contributed by atoms with E-state index in [0.29, 0.717) is 25.8 Å². The van der Waals surface area contributed by atoms with Crippen LogP contribution >= 0.6 is 0 Å². The van der Waals surface area contributed by atoms with Crippen molar-refractivity contribution in [1.29, 1.82) is 0 Å². The number of allylic oxidation sites excluding steroid dienone is 2. The Morgan fingerprint density at radius 2 is 1.16 bits per heavy atom. The fourth-order valence-electron chi connectivity index (χ4n) is 4.13. The van der Waals surface area contributed by atoms with Crippen molar-refractivity contribution in [3.63, 3.8) is 0 Å². The summed E-state index contributed by atoms with van der Waals surface area (Å²) in [7, 11) is -8.03. The molecule has 0 rings (SSSR count). The number of nitrogens with one attached hydrogen (secondary N) is 1. The SMILES string of the molecule is CCCCCCCCC/C=C/C(=O)NCCCCS(=O)(=O)O.CCCCCCCCC/C=C/C([O-])=NCCCCS(=O)(=O)[O-].[Ca+2].